The Morgan fingerprint density at radius 1 is 0.912 bits per heavy atom. The number of aliphatic hydroxyl groups is 1. The molecule has 8 heteroatoms. The van der Waals surface area contributed by atoms with Crippen LogP contribution < -0.4 is 16.4 Å². The van der Waals surface area contributed by atoms with Gasteiger partial charge in [-0.2, -0.15) is 0 Å². The molecule has 3 N–H and O–H groups in total. The molecule has 34 heavy (non-hydrogen) atoms. The molecular weight excluding hydrogens is 452 g/mol. The summed E-state index contributed by atoms with van der Waals surface area (Å²) < 4.78 is 7.57. The SMILES string of the molecule is O=c1cc(NNc2ccccc2Cl)c(CO)c(COCc2ccccc2)n1Cc1cccnc1. The Hall–Kier alpha value is -3.65. The first-order valence-corrected chi connectivity index (χ1v) is 11.2. The van der Waals surface area contributed by atoms with Gasteiger partial charge >= 0.3 is 0 Å². The van der Waals surface area contributed by atoms with Crippen LogP contribution in [0.3, 0.4) is 0 Å². The van der Waals surface area contributed by atoms with E-state index in [1.807, 2.05) is 60.7 Å². The molecule has 0 unspecified atom stereocenters. The minimum Gasteiger partial charge on any atom is -0.392 e. The summed E-state index contributed by atoms with van der Waals surface area (Å²) in [5.41, 5.74) is 9.93. The number of nitrogens with one attached hydrogen (secondary N) is 2. The number of halogens is 1. The first-order chi connectivity index (χ1) is 16.7. The molecule has 0 aliphatic heterocycles. The quantitative estimate of drug-likeness (QED) is 0.290. The van der Waals surface area contributed by atoms with Crippen molar-refractivity contribution < 1.29 is 9.84 Å². The van der Waals surface area contributed by atoms with Crippen molar-refractivity contribution in [3.05, 3.63) is 123 Å². The zero-order valence-corrected chi connectivity index (χ0v) is 19.2. The zero-order valence-electron chi connectivity index (χ0n) is 18.4. The van der Waals surface area contributed by atoms with Crippen LogP contribution in [0.4, 0.5) is 11.4 Å². The standard InChI is InChI=1S/C26H25ClN4O3/c27-22-10-4-5-11-23(22)29-30-24-13-26(33)31(15-20-9-6-12-28-14-20)25(21(24)16-32)18-34-17-19-7-2-1-3-8-19/h1-14,29-30,32H,15-18H2. The number of rotatable bonds is 10. The number of nitrogens with zero attached hydrogens (tertiary/aromatic N) is 2. The van der Waals surface area contributed by atoms with Gasteiger partial charge in [-0.15, -0.1) is 0 Å². The number of para-hydroxylation sites is 1. The highest BCUT2D eigenvalue weighted by Crippen LogP contribution is 2.24. The van der Waals surface area contributed by atoms with Gasteiger partial charge in [0.1, 0.15) is 0 Å². The molecule has 0 aliphatic carbocycles. The van der Waals surface area contributed by atoms with Crippen LogP contribution in [0.1, 0.15) is 22.4 Å². The molecule has 0 fully saturated rings. The lowest BCUT2D eigenvalue weighted by atomic mass is 10.1. The van der Waals surface area contributed by atoms with Crippen LogP contribution in [0.2, 0.25) is 5.02 Å². The van der Waals surface area contributed by atoms with Crippen LogP contribution in [-0.4, -0.2) is 14.7 Å². The van der Waals surface area contributed by atoms with Crippen LogP contribution >= 0.6 is 11.6 Å². The van der Waals surface area contributed by atoms with E-state index in [0.717, 1.165) is 11.1 Å². The van der Waals surface area contributed by atoms with E-state index in [0.29, 0.717) is 40.8 Å². The molecular formula is C26H25ClN4O3. The van der Waals surface area contributed by atoms with Crippen LogP contribution in [-0.2, 0) is 31.1 Å². The van der Waals surface area contributed by atoms with Crippen molar-refractivity contribution in [3.8, 4) is 0 Å². The maximum atomic E-state index is 13.2. The van der Waals surface area contributed by atoms with E-state index in [4.69, 9.17) is 16.3 Å². The molecule has 0 aliphatic rings. The summed E-state index contributed by atoms with van der Waals surface area (Å²) in [5.74, 6) is 0. The Bertz CT molecular complexity index is 1280. The fourth-order valence-corrected chi connectivity index (χ4v) is 3.76. The Kier molecular flexibility index (Phi) is 7.93. The van der Waals surface area contributed by atoms with Gasteiger partial charge in [-0.3, -0.25) is 15.2 Å². The lowest BCUT2D eigenvalue weighted by molar-refractivity contribution is 0.0998. The van der Waals surface area contributed by atoms with Gasteiger partial charge < -0.3 is 19.8 Å². The number of benzene rings is 2. The molecule has 0 saturated carbocycles. The maximum Gasteiger partial charge on any atom is 0.253 e. The Labute approximate surface area is 202 Å². The molecule has 0 spiro atoms. The third-order valence-corrected chi connectivity index (χ3v) is 5.64. The van der Waals surface area contributed by atoms with E-state index < -0.39 is 0 Å². The van der Waals surface area contributed by atoms with E-state index >= 15 is 0 Å². The second kappa shape index (κ2) is 11.5. The number of anilines is 2. The number of hydrazine groups is 1. The predicted molar refractivity (Wildman–Crippen MR) is 134 cm³/mol. The molecule has 0 bridgehead atoms. The molecule has 4 aromatic rings. The highest BCUT2D eigenvalue weighted by Gasteiger charge is 2.16. The summed E-state index contributed by atoms with van der Waals surface area (Å²) >= 11 is 6.23. The van der Waals surface area contributed by atoms with Crippen LogP contribution in [0.5, 0.6) is 0 Å². The molecule has 0 amide bonds. The number of ether oxygens (including phenoxy) is 1. The van der Waals surface area contributed by atoms with Crippen molar-refractivity contribution >= 4 is 23.0 Å². The van der Waals surface area contributed by atoms with E-state index in [9.17, 15) is 9.90 Å². The van der Waals surface area contributed by atoms with Crippen LogP contribution in [0.25, 0.3) is 0 Å². The van der Waals surface area contributed by atoms with Crippen LogP contribution in [0.15, 0.2) is 90.0 Å². The van der Waals surface area contributed by atoms with Crippen molar-refractivity contribution in [3.63, 3.8) is 0 Å². The Morgan fingerprint density at radius 3 is 2.38 bits per heavy atom. The first kappa shape index (κ1) is 23.5. The largest absolute Gasteiger partial charge is 0.392 e. The smallest absolute Gasteiger partial charge is 0.253 e. The van der Waals surface area contributed by atoms with E-state index in [-0.39, 0.29) is 18.8 Å². The molecule has 174 valence electrons. The summed E-state index contributed by atoms with van der Waals surface area (Å²) in [4.78, 5) is 17.3. The number of hydrogen-bond acceptors (Lipinski definition) is 6. The summed E-state index contributed by atoms with van der Waals surface area (Å²) in [7, 11) is 0. The monoisotopic (exact) mass is 476 g/mol. The summed E-state index contributed by atoms with van der Waals surface area (Å²) in [6, 6.07) is 22.2. The summed E-state index contributed by atoms with van der Waals surface area (Å²) in [6.45, 7) is 0.538. The predicted octanol–water partition coefficient (Wildman–Crippen LogP) is 4.59. The summed E-state index contributed by atoms with van der Waals surface area (Å²) in [5, 5.41) is 10.8. The number of pyridine rings is 2. The van der Waals surface area contributed by atoms with Crippen molar-refractivity contribution in [1.82, 2.24) is 9.55 Å². The van der Waals surface area contributed by atoms with E-state index in [1.54, 1.807) is 23.0 Å². The van der Waals surface area contributed by atoms with Gasteiger partial charge in [0.25, 0.3) is 5.56 Å². The van der Waals surface area contributed by atoms with Crippen molar-refractivity contribution in [1.29, 1.82) is 0 Å². The van der Waals surface area contributed by atoms with Crippen molar-refractivity contribution in [2.45, 2.75) is 26.4 Å². The average Bonchev–Trinajstić information content (AvgIpc) is 2.87. The molecule has 2 aromatic heterocycles. The van der Waals surface area contributed by atoms with Gasteiger partial charge in [0, 0.05) is 24.0 Å². The normalized spacial score (nSPS) is 10.8. The number of aromatic nitrogens is 2. The van der Waals surface area contributed by atoms with E-state index in [1.165, 1.54) is 6.07 Å². The topological polar surface area (TPSA) is 88.4 Å². The van der Waals surface area contributed by atoms with Crippen molar-refractivity contribution in [2.24, 2.45) is 0 Å². The molecule has 0 saturated heterocycles. The molecule has 2 aromatic carbocycles. The summed E-state index contributed by atoms with van der Waals surface area (Å²) in [6.07, 6.45) is 3.40. The average molecular weight is 477 g/mol. The molecule has 0 radical (unpaired) electrons. The van der Waals surface area contributed by atoms with Gasteiger partial charge in [-0.05, 0) is 29.3 Å². The van der Waals surface area contributed by atoms with Gasteiger partial charge in [-0.25, -0.2) is 0 Å². The Morgan fingerprint density at radius 2 is 1.65 bits per heavy atom. The Balaban J connectivity index is 1.65. The third-order valence-electron chi connectivity index (χ3n) is 5.31. The number of aliphatic hydroxyl groups excluding tert-OH is 1. The highest BCUT2D eigenvalue weighted by atomic mass is 35.5. The number of hydrogen-bond donors (Lipinski definition) is 3. The second-order valence-electron chi connectivity index (χ2n) is 7.64. The van der Waals surface area contributed by atoms with Gasteiger partial charge in [-0.1, -0.05) is 60.1 Å². The second-order valence-corrected chi connectivity index (χ2v) is 8.04. The molecule has 4 rings (SSSR count). The minimum absolute atomic E-state index is 0.141. The van der Waals surface area contributed by atoms with E-state index in [2.05, 4.69) is 15.8 Å². The fraction of sp³-hybridized carbons (Fsp3) is 0.154. The van der Waals surface area contributed by atoms with Crippen molar-refractivity contribution in [2.75, 3.05) is 10.9 Å². The molecule has 2 heterocycles. The third kappa shape index (κ3) is 5.82. The lowest BCUT2D eigenvalue weighted by Gasteiger charge is -2.21. The lowest BCUT2D eigenvalue weighted by Crippen LogP contribution is -2.28. The van der Waals surface area contributed by atoms with Gasteiger partial charge in [0.05, 0.1) is 48.5 Å². The fourth-order valence-electron chi connectivity index (χ4n) is 3.58. The van der Waals surface area contributed by atoms with Crippen LogP contribution in [0, 0.1) is 0 Å². The highest BCUT2D eigenvalue weighted by molar-refractivity contribution is 6.33. The maximum absolute atomic E-state index is 13.2. The molecule has 0 atom stereocenters. The van der Waals surface area contributed by atoms with Gasteiger partial charge in [0.2, 0.25) is 0 Å². The minimum atomic E-state index is -0.288. The van der Waals surface area contributed by atoms with Gasteiger partial charge in [0.15, 0.2) is 0 Å². The first-order valence-electron chi connectivity index (χ1n) is 10.8. The zero-order chi connectivity index (χ0) is 23.8. The molecule has 7 nitrogen and oxygen atoms in total.